The van der Waals surface area contributed by atoms with Crippen LogP contribution >= 0.6 is 0 Å². The maximum Gasteiger partial charge on any atom is 0.270 e. The lowest BCUT2D eigenvalue weighted by Gasteiger charge is -2.19. The van der Waals surface area contributed by atoms with E-state index in [9.17, 15) is 13.6 Å². The summed E-state index contributed by atoms with van der Waals surface area (Å²) in [6.07, 6.45) is 2.05. The fourth-order valence-corrected chi connectivity index (χ4v) is 3.39. The quantitative estimate of drug-likeness (QED) is 0.835. The summed E-state index contributed by atoms with van der Waals surface area (Å²) in [7, 11) is 0. The summed E-state index contributed by atoms with van der Waals surface area (Å²) in [5.41, 5.74) is 3.92. The molecule has 5 heteroatoms. The fourth-order valence-electron chi connectivity index (χ4n) is 3.39. The van der Waals surface area contributed by atoms with Gasteiger partial charge in [0.05, 0.1) is 6.54 Å². The molecule has 0 saturated carbocycles. The molecule has 1 aromatic carbocycles. The highest BCUT2D eigenvalue weighted by Gasteiger charge is 2.27. The van der Waals surface area contributed by atoms with E-state index in [-0.39, 0.29) is 12.5 Å². The van der Waals surface area contributed by atoms with Gasteiger partial charge in [0.2, 0.25) is 0 Å². The number of hydrogen-bond donors (Lipinski definition) is 0. The summed E-state index contributed by atoms with van der Waals surface area (Å²) >= 11 is 0. The standard InChI is InChI=1S/C19H22F2N2O/c1-12-13(2)18(19(24)22-8-4-5-9-22)23(14(12)3)11-15-6-7-16(20)10-17(15)21/h6-7,10H,4-5,8-9,11H2,1-3H3. The minimum absolute atomic E-state index is 0.00344. The monoisotopic (exact) mass is 332 g/mol. The van der Waals surface area contributed by atoms with Gasteiger partial charge in [-0.15, -0.1) is 0 Å². The van der Waals surface area contributed by atoms with Crippen molar-refractivity contribution in [2.24, 2.45) is 0 Å². The third-order valence-electron chi connectivity index (χ3n) is 5.07. The van der Waals surface area contributed by atoms with E-state index in [2.05, 4.69) is 0 Å². The second kappa shape index (κ2) is 6.38. The zero-order valence-electron chi connectivity index (χ0n) is 14.3. The van der Waals surface area contributed by atoms with E-state index < -0.39 is 11.6 Å². The first-order valence-corrected chi connectivity index (χ1v) is 8.29. The molecule has 3 rings (SSSR count). The van der Waals surface area contributed by atoms with Gasteiger partial charge in [-0.25, -0.2) is 8.78 Å². The van der Waals surface area contributed by atoms with Crippen LogP contribution in [-0.4, -0.2) is 28.5 Å². The molecule has 0 atom stereocenters. The lowest BCUT2D eigenvalue weighted by Crippen LogP contribution is -2.30. The van der Waals surface area contributed by atoms with Crippen LogP contribution in [0.3, 0.4) is 0 Å². The molecule has 1 aromatic heterocycles. The zero-order chi connectivity index (χ0) is 17.4. The maximum absolute atomic E-state index is 14.1. The van der Waals surface area contributed by atoms with E-state index in [4.69, 9.17) is 0 Å². The number of aromatic nitrogens is 1. The Bertz CT molecular complexity index is 789. The molecule has 0 spiro atoms. The lowest BCUT2D eigenvalue weighted by molar-refractivity contribution is 0.0781. The highest BCUT2D eigenvalue weighted by atomic mass is 19.1. The van der Waals surface area contributed by atoms with Gasteiger partial charge >= 0.3 is 0 Å². The number of carbonyl (C=O) groups is 1. The van der Waals surface area contributed by atoms with E-state index >= 15 is 0 Å². The number of likely N-dealkylation sites (tertiary alicyclic amines) is 1. The Labute approximate surface area is 140 Å². The molecule has 2 aromatic rings. The number of hydrogen-bond acceptors (Lipinski definition) is 1. The summed E-state index contributed by atoms with van der Waals surface area (Å²) in [6.45, 7) is 7.61. The van der Waals surface area contributed by atoms with E-state index in [0.29, 0.717) is 11.3 Å². The number of halogens is 2. The van der Waals surface area contributed by atoms with Gasteiger partial charge in [0.1, 0.15) is 17.3 Å². The molecule has 0 bridgehead atoms. The lowest BCUT2D eigenvalue weighted by atomic mass is 10.1. The Hall–Kier alpha value is -2.17. The Morgan fingerprint density at radius 2 is 1.75 bits per heavy atom. The Morgan fingerprint density at radius 3 is 2.38 bits per heavy atom. The van der Waals surface area contributed by atoms with Gasteiger partial charge in [0.25, 0.3) is 5.91 Å². The van der Waals surface area contributed by atoms with Gasteiger partial charge in [-0.05, 0) is 50.8 Å². The van der Waals surface area contributed by atoms with E-state index in [1.807, 2.05) is 30.2 Å². The van der Waals surface area contributed by atoms with Crippen LogP contribution in [0, 0.1) is 32.4 Å². The minimum atomic E-state index is -0.596. The largest absolute Gasteiger partial charge is 0.337 e. The molecule has 1 aliphatic heterocycles. The second-order valence-electron chi connectivity index (χ2n) is 6.51. The predicted octanol–water partition coefficient (Wildman–Crippen LogP) is 3.98. The minimum Gasteiger partial charge on any atom is -0.337 e. The number of benzene rings is 1. The fraction of sp³-hybridized carbons (Fsp3) is 0.421. The molecular formula is C19H22F2N2O. The normalized spacial score (nSPS) is 14.5. The molecule has 0 unspecified atom stereocenters. The first-order chi connectivity index (χ1) is 11.4. The van der Waals surface area contributed by atoms with Gasteiger partial charge in [0, 0.05) is 30.4 Å². The van der Waals surface area contributed by atoms with Crippen molar-refractivity contribution in [3.8, 4) is 0 Å². The van der Waals surface area contributed by atoms with Crippen LogP contribution in [0.5, 0.6) is 0 Å². The van der Waals surface area contributed by atoms with Gasteiger partial charge in [-0.2, -0.15) is 0 Å². The second-order valence-corrected chi connectivity index (χ2v) is 6.51. The SMILES string of the molecule is Cc1c(C)c(C(=O)N2CCCC2)n(Cc2ccc(F)cc2F)c1C. The predicted molar refractivity (Wildman–Crippen MR) is 89.2 cm³/mol. The average Bonchev–Trinajstić information content (AvgIpc) is 3.14. The molecule has 128 valence electrons. The number of nitrogens with zero attached hydrogens (tertiary/aromatic N) is 2. The molecule has 0 radical (unpaired) electrons. The smallest absolute Gasteiger partial charge is 0.270 e. The Kier molecular flexibility index (Phi) is 4.43. The number of amides is 1. The van der Waals surface area contributed by atoms with Crippen molar-refractivity contribution in [2.75, 3.05) is 13.1 Å². The molecule has 2 heterocycles. The molecule has 1 fully saturated rings. The maximum atomic E-state index is 14.1. The first kappa shape index (κ1) is 16.7. The van der Waals surface area contributed by atoms with Crippen LogP contribution in [-0.2, 0) is 6.54 Å². The van der Waals surface area contributed by atoms with Crippen molar-refractivity contribution >= 4 is 5.91 Å². The summed E-state index contributed by atoms with van der Waals surface area (Å²) in [5.74, 6) is -1.18. The molecule has 24 heavy (non-hydrogen) atoms. The Balaban J connectivity index is 2.03. The van der Waals surface area contributed by atoms with Crippen molar-refractivity contribution in [3.63, 3.8) is 0 Å². The molecule has 1 aliphatic rings. The number of carbonyl (C=O) groups excluding carboxylic acids is 1. The molecule has 1 saturated heterocycles. The summed E-state index contributed by atoms with van der Waals surface area (Å²) < 4.78 is 29.1. The van der Waals surface area contributed by atoms with Gasteiger partial charge < -0.3 is 9.47 Å². The summed E-state index contributed by atoms with van der Waals surface area (Å²) in [6, 6.07) is 3.58. The highest BCUT2D eigenvalue weighted by molar-refractivity contribution is 5.95. The van der Waals surface area contributed by atoms with Crippen LogP contribution in [0.25, 0.3) is 0 Å². The van der Waals surface area contributed by atoms with Crippen molar-refractivity contribution in [2.45, 2.75) is 40.2 Å². The van der Waals surface area contributed by atoms with Gasteiger partial charge in [-0.1, -0.05) is 6.07 Å². The van der Waals surface area contributed by atoms with E-state index in [1.165, 1.54) is 12.1 Å². The van der Waals surface area contributed by atoms with Crippen molar-refractivity contribution in [3.05, 3.63) is 57.9 Å². The molecule has 1 amide bonds. The van der Waals surface area contributed by atoms with E-state index in [1.54, 1.807) is 0 Å². The van der Waals surface area contributed by atoms with Crippen LogP contribution in [0.2, 0.25) is 0 Å². The third-order valence-corrected chi connectivity index (χ3v) is 5.07. The average molecular weight is 332 g/mol. The molecule has 3 nitrogen and oxygen atoms in total. The summed E-state index contributed by atoms with van der Waals surface area (Å²) in [4.78, 5) is 14.8. The topological polar surface area (TPSA) is 25.2 Å². The zero-order valence-corrected chi connectivity index (χ0v) is 14.3. The van der Waals surface area contributed by atoms with Crippen LogP contribution in [0.1, 0.15) is 45.7 Å². The molecule has 0 N–H and O–H groups in total. The van der Waals surface area contributed by atoms with Crippen molar-refractivity contribution in [1.29, 1.82) is 0 Å². The third kappa shape index (κ3) is 2.83. The molecule has 0 aliphatic carbocycles. The van der Waals surface area contributed by atoms with Crippen molar-refractivity contribution < 1.29 is 13.6 Å². The van der Waals surface area contributed by atoms with Gasteiger partial charge in [0.15, 0.2) is 0 Å². The highest BCUT2D eigenvalue weighted by Crippen LogP contribution is 2.26. The summed E-state index contributed by atoms with van der Waals surface area (Å²) in [5, 5.41) is 0. The van der Waals surface area contributed by atoms with Crippen LogP contribution in [0.4, 0.5) is 8.78 Å². The Morgan fingerprint density at radius 1 is 1.08 bits per heavy atom. The first-order valence-electron chi connectivity index (χ1n) is 8.29. The van der Waals surface area contributed by atoms with E-state index in [0.717, 1.165) is 48.8 Å². The van der Waals surface area contributed by atoms with Gasteiger partial charge in [-0.3, -0.25) is 4.79 Å². The van der Waals surface area contributed by atoms with Crippen LogP contribution in [0.15, 0.2) is 18.2 Å². The van der Waals surface area contributed by atoms with Crippen LogP contribution < -0.4 is 0 Å². The molecular weight excluding hydrogens is 310 g/mol. The van der Waals surface area contributed by atoms with Crippen molar-refractivity contribution in [1.82, 2.24) is 9.47 Å². The number of rotatable bonds is 3.